The van der Waals surface area contributed by atoms with Gasteiger partial charge in [0, 0.05) is 4.91 Å². The Morgan fingerprint density at radius 2 is 2.23 bits per heavy atom. The molecule has 65 valence electrons. The molecule has 0 bridgehead atoms. The van der Waals surface area contributed by atoms with Crippen LogP contribution in [0.4, 0.5) is 0 Å². The summed E-state index contributed by atoms with van der Waals surface area (Å²) in [5.74, 6) is -0.802. The lowest BCUT2D eigenvalue weighted by Gasteiger charge is -2.00. The van der Waals surface area contributed by atoms with E-state index in [0.717, 1.165) is 0 Å². The lowest BCUT2D eigenvalue weighted by molar-refractivity contribution is 0.0988. The molecule has 1 radical (unpaired) electrons. The van der Waals surface area contributed by atoms with Gasteiger partial charge in [0.2, 0.25) is 0 Å². The lowest BCUT2D eigenvalue weighted by Crippen LogP contribution is -2.00. The molecule has 1 aromatic rings. The number of hydrogen-bond acceptors (Lipinski definition) is 3. The molecule has 0 aromatic heterocycles. The number of amides is 1. The number of rotatable bonds is 3. The number of carbonyl (C=O) groups is 1. The summed E-state index contributed by atoms with van der Waals surface area (Å²) >= 11 is 0. The Morgan fingerprint density at radius 3 is 2.85 bits per heavy atom. The number of hydrogen-bond donors (Lipinski definition) is 0. The first kappa shape index (κ1) is 8.89. The maximum atomic E-state index is 10.7. The van der Waals surface area contributed by atoms with Crippen molar-refractivity contribution in [2.75, 3.05) is 0 Å². The molecule has 1 amide bonds. The van der Waals surface area contributed by atoms with Crippen LogP contribution in [-0.4, -0.2) is 5.91 Å². The Morgan fingerprint density at radius 1 is 1.54 bits per heavy atom. The van der Waals surface area contributed by atoms with E-state index < -0.39 is 5.91 Å². The van der Waals surface area contributed by atoms with E-state index in [4.69, 9.17) is 11.3 Å². The van der Waals surface area contributed by atoms with Crippen LogP contribution in [-0.2, 0) is 0 Å². The molecule has 0 saturated carbocycles. The summed E-state index contributed by atoms with van der Waals surface area (Å²) in [7, 11) is 0. The minimum atomic E-state index is -0.885. The number of para-hydroxylation sites is 1. The van der Waals surface area contributed by atoms with Gasteiger partial charge in [-0.15, -0.1) is 0 Å². The van der Waals surface area contributed by atoms with Gasteiger partial charge >= 0.3 is 0 Å². The topological polar surface area (TPSA) is 98.9 Å². The Bertz CT molecular complexity index is 371. The van der Waals surface area contributed by atoms with Gasteiger partial charge in [-0.2, -0.15) is 0 Å². The van der Waals surface area contributed by atoms with Crippen LogP contribution in [0.15, 0.2) is 29.5 Å². The molecule has 0 saturated heterocycles. The maximum absolute atomic E-state index is 10.7. The van der Waals surface area contributed by atoms with Gasteiger partial charge in [-0.1, -0.05) is 12.1 Å². The molecule has 0 aliphatic carbocycles. The first-order chi connectivity index (χ1) is 6.25. The average molecular weight is 177 g/mol. The van der Waals surface area contributed by atoms with Crippen molar-refractivity contribution in [3.8, 4) is 5.75 Å². The molecule has 0 atom stereocenters. The standard InChI is InChI=1S/C7H5N4O2/c8-7(12)5-3-1-2-4-6(5)13-11-10-9/h1-4,8H. The Labute approximate surface area is 73.5 Å². The van der Waals surface area contributed by atoms with E-state index in [1.54, 1.807) is 12.1 Å². The molecule has 6 heteroatoms. The van der Waals surface area contributed by atoms with Gasteiger partial charge in [-0.05, 0) is 17.7 Å². The second-order valence-electron chi connectivity index (χ2n) is 2.09. The van der Waals surface area contributed by atoms with Gasteiger partial charge < -0.3 is 4.84 Å². The summed E-state index contributed by atoms with van der Waals surface area (Å²) in [6.07, 6.45) is 0. The largest absolute Gasteiger partial charge is 0.393 e. The van der Waals surface area contributed by atoms with Crippen molar-refractivity contribution in [2.24, 2.45) is 5.28 Å². The van der Waals surface area contributed by atoms with E-state index in [-0.39, 0.29) is 11.3 Å². The summed E-state index contributed by atoms with van der Waals surface area (Å²) in [5, 5.41) is 2.83. The Balaban J connectivity index is 3.04. The number of nitrogens with one attached hydrogen (secondary N) is 1. The Kier molecular flexibility index (Phi) is 2.73. The Hall–Kier alpha value is -2.20. The summed E-state index contributed by atoms with van der Waals surface area (Å²) < 4.78 is 0. The maximum Gasteiger partial charge on any atom is 0.273 e. The molecule has 13 heavy (non-hydrogen) atoms. The molecule has 1 N–H and O–H groups in total. The highest BCUT2D eigenvalue weighted by molar-refractivity contribution is 5.94. The minimum Gasteiger partial charge on any atom is -0.393 e. The van der Waals surface area contributed by atoms with Crippen LogP contribution in [0.3, 0.4) is 0 Å². The monoisotopic (exact) mass is 177 g/mol. The van der Waals surface area contributed by atoms with Crippen LogP contribution in [0.2, 0.25) is 0 Å². The fourth-order valence-corrected chi connectivity index (χ4v) is 0.796. The molecule has 1 aromatic carbocycles. The third-order valence-electron chi connectivity index (χ3n) is 1.31. The van der Waals surface area contributed by atoms with Gasteiger partial charge in [0.25, 0.3) is 5.91 Å². The number of benzene rings is 1. The minimum absolute atomic E-state index is 0.0647. The first-order valence-electron chi connectivity index (χ1n) is 3.32. The zero-order valence-corrected chi connectivity index (χ0v) is 6.47. The van der Waals surface area contributed by atoms with E-state index in [9.17, 15) is 4.79 Å². The molecule has 0 aliphatic heterocycles. The van der Waals surface area contributed by atoms with Crippen molar-refractivity contribution in [1.29, 1.82) is 0 Å². The third kappa shape index (κ3) is 2.11. The predicted octanol–water partition coefficient (Wildman–Crippen LogP) is 1.71. The molecule has 0 unspecified atom stereocenters. The highest BCUT2D eigenvalue weighted by Gasteiger charge is 2.07. The van der Waals surface area contributed by atoms with Crippen LogP contribution in [0.5, 0.6) is 5.75 Å². The highest BCUT2D eigenvalue weighted by atomic mass is 16.6. The first-order valence-corrected chi connectivity index (χ1v) is 3.32. The van der Waals surface area contributed by atoms with Gasteiger partial charge in [0.1, 0.15) is 11.0 Å². The van der Waals surface area contributed by atoms with Gasteiger partial charge in [-0.3, -0.25) is 10.5 Å². The zero-order chi connectivity index (χ0) is 9.68. The SMILES string of the molecule is [N-]=[N+]=NOc1ccccc1C([NH])=O. The molecule has 6 nitrogen and oxygen atoms in total. The van der Waals surface area contributed by atoms with E-state index >= 15 is 0 Å². The summed E-state index contributed by atoms with van der Waals surface area (Å²) in [4.78, 5) is 17.6. The average Bonchev–Trinajstić information content (AvgIpc) is 2.15. The quantitative estimate of drug-likeness (QED) is 0.304. The van der Waals surface area contributed by atoms with E-state index in [1.165, 1.54) is 12.1 Å². The van der Waals surface area contributed by atoms with Crippen LogP contribution in [0.25, 0.3) is 10.4 Å². The van der Waals surface area contributed by atoms with Crippen molar-refractivity contribution < 1.29 is 9.63 Å². The van der Waals surface area contributed by atoms with Crippen LogP contribution in [0, 0.1) is 0 Å². The summed E-state index contributed by atoms with van der Waals surface area (Å²) in [6.45, 7) is 0. The molecular weight excluding hydrogens is 172 g/mol. The van der Waals surface area contributed by atoms with Gasteiger partial charge in [0.05, 0.1) is 5.56 Å². The van der Waals surface area contributed by atoms with Crippen molar-refractivity contribution in [2.45, 2.75) is 0 Å². The second kappa shape index (κ2) is 3.99. The molecule has 1 rings (SSSR count). The van der Waals surface area contributed by atoms with E-state index in [0.29, 0.717) is 0 Å². The normalized spacial score (nSPS) is 8.62. The van der Waals surface area contributed by atoms with Crippen LogP contribution >= 0.6 is 0 Å². The molecule has 0 spiro atoms. The van der Waals surface area contributed by atoms with Crippen molar-refractivity contribution >= 4 is 5.91 Å². The van der Waals surface area contributed by atoms with E-state index in [2.05, 4.69) is 15.0 Å². The molecule has 0 aliphatic rings. The molecule has 0 heterocycles. The smallest absolute Gasteiger partial charge is 0.273 e. The molecular formula is C7H5N4O2. The van der Waals surface area contributed by atoms with Crippen molar-refractivity contribution in [1.82, 2.24) is 5.73 Å². The molecule has 0 fully saturated rings. The second-order valence-corrected chi connectivity index (χ2v) is 2.09. The fourth-order valence-electron chi connectivity index (χ4n) is 0.796. The van der Waals surface area contributed by atoms with E-state index in [1.807, 2.05) is 0 Å². The van der Waals surface area contributed by atoms with Gasteiger partial charge in [-0.25, -0.2) is 0 Å². The van der Waals surface area contributed by atoms with Crippen molar-refractivity contribution in [3.05, 3.63) is 40.3 Å². The number of azide groups is 1. The number of carbonyl (C=O) groups excluding carboxylic acids is 1. The number of nitrogens with zero attached hydrogens (tertiary/aromatic N) is 3. The zero-order valence-electron chi connectivity index (χ0n) is 6.47. The third-order valence-corrected chi connectivity index (χ3v) is 1.31. The van der Waals surface area contributed by atoms with Crippen LogP contribution in [0.1, 0.15) is 10.4 Å². The van der Waals surface area contributed by atoms with Gasteiger partial charge in [0.15, 0.2) is 0 Å². The fraction of sp³-hybridized carbons (Fsp3) is 0. The van der Waals surface area contributed by atoms with Crippen LogP contribution < -0.4 is 10.6 Å². The highest BCUT2D eigenvalue weighted by Crippen LogP contribution is 2.17. The van der Waals surface area contributed by atoms with Crippen molar-refractivity contribution in [3.63, 3.8) is 0 Å². The summed E-state index contributed by atoms with van der Waals surface area (Å²) in [5.41, 5.74) is 14.9. The summed E-state index contributed by atoms with van der Waals surface area (Å²) in [6, 6.07) is 6.05. The predicted molar refractivity (Wildman–Crippen MR) is 43.6 cm³/mol. The lowest BCUT2D eigenvalue weighted by atomic mass is 10.2.